The highest BCUT2D eigenvalue weighted by molar-refractivity contribution is 9.10. The van der Waals surface area contributed by atoms with Crippen LogP contribution in [0.4, 0.5) is 0 Å². The maximum absolute atomic E-state index is 5.81. The van der Waals surface area contributed by atoms with Crippen LogP contribution in [-0.4, -0.2) is 20.7 Å². The molecule has 0 aromatic heterocycles. The molecular weight excluding hydrogens is 292 g/mol. The van der Waals surface area contributed by atoms with Gasteiger partial charge in [-0.05, 0) is 59.1 Å². The Morgan fingerprint density at radius 3 is 2.56 bits per heavy atom. The minimum absolute atomic E-state index is 0.125. The Bertz CT molecular complexity index is 393. The van der Waals surface area contributed by atoms with Crippen LogP contribution in [0, 0.1) is 5.41 Å². The number of ether oxygens (including phenoxy) is 1. The second-order valence-corrected chi connectivity index (χ2v) is 6.16. The summed E-state index contributed by atoms with van der Waals surface area (Å²) in [6.45, 7) is 5.06. The molecule has 0 aliphatic carbocycles. The van der Waals surface area contributed by atoms with Crippen molar-refractivity contribution in [3.8, 4) is 5.75 Å². The van der Waals surface area contributed by atoms with E-state index in [2.05, 4.69) is 47.2 Å². The molecule has 1 unspecified atom stereocenters. The first-order valence-electron chi connectivity index (χ1n) is 6.14. The van der Waals surface area contributed by atoms with Gasteiger partial charge in [-0.3, -0.25) is 0 Å². The van der Waals surface area contributed by atoms with Crippen LogP contribution in [0.2, 0.25) is 0 Å². The molecule has 0 radical (unpaired) electrons. The van der Waals surface area contributed by atoms with Crippen LogP contribution >= 0.6 is 15.9 Å². The van der Waals surface area contributed by atoms with E-state index in [1.807, 2.05) is 13.1 Å². The van der Waals surface area contributed by atoms with Crippen molar-refractivity contribution >= 4 is 15.9 Å². The Morgan fingerprint density at radius 1 is 1.44 bits per heavy atom. The molecule has 0 amide bonds. The SMILES string of the molecule is CNC(CC(C)(C)CN)c1ccc(OC)c(Br)c1. The minimum Gasteiger partial charge on any atom is -0.496 e. The molecule has 0 aliphatic heterocycles. The molecule has 0 spiro atoms. The number of rotatable bonds is 6. The first-order valence-corrected chi connectivity index (χ1v) is 6.93. The molecule has 102 valence electrons. The summed E-state index contributed by atoms with van der Waals surface area (Å²) >= 11 is 3.52. The highest BCUT2D eigenvalue weighted by atomic mass is 79.9. The van der Waals surface area contributed by atoms with Crippen molar-refractivity contribution < 1.29 is 4.74 Å². The molecule has 1 aromatic rings. The van der Waals surface area contributed by atoms with Crippen LogP contribution in [0.25, 0.3) is 0 Å². The first kappa shape index (κ1) is 15.5. The zero-order valence-corrected chi connectivity index (χ0v) is 13.2. The molecule has 0 saturated heterocycles. The Morgan fingerprint density at radius 2 is 2.11 bits per heavy atom. The Hall–Kier alpha value is -0.580. The summed E-state index contributed by atoms with van der Waals surface area (Å²) in [4.78, 5) is 0. The van der Waals surface area contributed by atoms with Crippen molar-refractivity contribution in [2.24, 2.45) is 11.1 Å². The number of nitrogens with two attached hydrogens (primary N) is 1. The standard InChI is InChI=1S/C14H23BrN2O/c1-14(2,9-16)8-12(17-3)10-5-6-13(18-4)11(15)7-10/h5-7,12,17H,8-9,16H2,1-4H3. The summed E-state index contributed by atoms with van der Waals surface area (Å²) in [5.74, 6) is 0.853. The number of methoxy groups -OCH3 is 1. The highest BCUT2D eigenvalue weighted by Crippen LogP contribution is 2.33. The van der Waals surface area contributed by atoms with Crippen molar-refractivity contribution in [3.05, 3.63) is 28.2 Å². The van der Waals surface area contributed by atoms with E-state index in [1.165, 1.54) is 5.56 Å². The van der Waals surface area contributed by atoms with Gasteiger partial charge < -0.3 is 15.8 Å². The van der Waals surface area contributed by atoms with Crippen LogP contribution in [0.3, 0.4) is 0 Å². The van der Waals surface area contributed by atoms with Gasteiger partial charge in [-0.15, -0.1) is 0 Å². The second-order valence-electron chi connectivity index (χ2n) is 5.31. The van der Waals surface area contributed by atoms with Crippen LogP contribution in [0.1, 0.15) is 31.9 Å². The van der Waals surface area contributed by atoms with Crippen molar-refractivity contribution in [1.29, 1.82) is 0 Å². The van der Waals surface area contributed by atoms with E-state index < -0.39 is 0 Å². The van der Waals surface area contributed by atoms with Gasteiger partial charge in [0.25, 0.3) is 0 Å². The summed E-state index contributed by atoms with van der Waals surface area (Å²) in [6, 6.07) is 6.48. The molecule has 1 aromatic carbocycles. The predicted octanol–water partition coefficient (Wildman–Crippen LogP) is 3.09. The summed E-state index contributed by atoms with van der Waals surface area (Å²) in [6.07, 6.45) is 0.999. The van der Waals surface area contributed by atoms with E-state index in [4.69, 9.17) is 10.5 Å². The predicted molar refractivity (Wildman–Crippen MR) is 79.9 cm³/mol. The third kappa shape index (κ3) is 3.97. The molecule has 0 bridgehead atoms. The quantitative estimate of drug-likeness (QED) is 0.848. The van der Waals surface area contributed by atoms with Gasteiger partial charge in [-0.25, -0.2) is 0 Å². The Balaban J connectivity index is 2.92. The van der Waals surface area contributed by atoms with Crippen LogP contribution < -0.4 is 15.8 Å². The zero-order valence-electron chi connectivity index (χ0n) is 11.6. The Labute approximate surface area is 118 Å². The second kappa shape index (κ2) is 6.55. The first-order chi connectivity index (χ1) is 8.43. The molecular formula is C14H23BrN2O. The molecule has 3 N–H and O–H groups in total. The monoisotopic (exact) mass is 314 g/mol. The van der Waals surface area contributed by atoms with Gasteiger partial charge in [0, 0.05) is 6.04 Å². The van der Waals surface area contributed by atoms with E-state index in [0.29, 0.717) is 12.6 Å². The number of hydrogen-bond acceptors (Lipinski definition) is 3. The van der Waals surface area contributed by atoms with Crippen molar-refractivity contribution in [2.75, 3.05) is 20.7 Å². The molecule has 0 fully saturated rings. The lowest BCUT2D eigenvalue weighted by Crippen LogP contribution is -2.30. The molecule has 3 nitrogen and oxygen atoms in total. The molecule has 18 heavy (non-hydrogen) atoms. The minimum atomic E-state index is 0.125. The fourth-order valence-corrected chi connectivity index (χ4v) is 2.48. The summed E-state index contributed by atoms with van der Waals surface area (Å²) in [7, 11) is 3.66. The lowest BCUT2D eigenvalue weighted by molar-refractivity contribution is 0.298. The fourth-order valence-electron chi connectivity index (χ4n) is 1.92. The smallest absolute Gasteiger partial charge is 0.133 e. The lowest BCUT2D eigenvalue weighted by atomic mass is 9.83. The van der Waals surface area contributed by atoms with E-state index in [1.54, 1.807) is 7.11 Å². The van der Waals surface area contributed by atoms with Crippen LogP contribution in [-0.2, 0) is 0 Å². The third-order valence-corrected chi connectivity index (χ3v) is 3.86. The maximum atomic E-state index is 5.81. The molecule has 0 saturated carbocycles. The highest BCUT2D eigenvalue weighted by Gasteiger charge is 2.22. The van der Waals surface area contributed by atoms with Gasteiger partial charge in [0.2, 0.25) is 0 Å². The number of hydrogen-bond donors (Lipinski definition) is 2. The van der Waals surface area contributed by atoms with Crippen LogP contribution in [0.5, 0.6) is 5.75 Å². The molecule has 1 rings (SSSR count). The largest absolute Gasteiger partial charge is 0.496 e. The van der Waals surface area contributed by atoms with Gasteiger partial charge in [0.15, 0.2) is 0 Å². The average Bonchev–Trinajstić information content (AvgIpc) is 2.36. The van der Waals surface area contributed by atoms with E-state index in [9.17, 15) is 0 Å². The number of halogens is 1. The molecule has 0 aliphatic rings. The van der Waals surface area contributed by atoms with Gasteiger partial charge >= 0.3 is 0 Å². The number of benzene rings is 1. The number of nitrogens with one attached hydrogen (secondary N) is 1. The van der Waals surface area contributed by atoms with Gasteiger partial charge in [0.05, 0.1) is 11.6 Å². The van der Waals surface area contributed by atoms with Crippen LogP contribution in [0.15, 0.2) is 22.7 Å². The summed E-state index contributed by atoms with van der Waals surface area (Å²) in [5, 5.41) is 3.36. The lowest BCUT2D eigenvalue weighted by Gasteiger charge is -2.28. The summed E-state index contributed by atoms with van der Waals surface area (Å²) in [5.41, 5.74) is 7.17. The van der Waals surface area contributed by atoms with Crippen molar-refractivity contribution in [3.63, 3.8) is 0 Å². The topological polar surface area (TPSA) is 47.3 Å². The molecule has 0 heterocycles. The Kier molecular flexibility index (Phi) is 5.63. The molecule has 4 heteroatoms. The average molecular weight is 315 g/mol. The van der Waals surface area contributed by atoms with Gasteiger partial charge in [0.1, 0.15) is 5.75 Å². The van der Waals surface area contributed by atoms with Crippen molar-refractivity contribution in [2.45, 2.75) is 26.3 Å². The maximum Gasteiger partial charge on any atom is 0.133 e. The van der Waals surface area contributed by atoms with Gasteiger partial charge in [-0.1, -0.05) is 19.9 Å². The van der Waals surface area contributed by atoms with E-state index in [-0.39, 0.29) is 5.41 Å². The fraction of sp³-hybridized carbons (Fsp3) is 0.571. The summed E-state index contributed by atoms with van der Waals surface area (Å²) < 4.78 is 6.23. The third-order valence-electron chi connectivity index (χ3n) is 3.24. The normalized spacial score (nSPS) is 13.4. The van der Waals surface area contributed by atoms with E-state index >= 15 is 0 Å². The zero-order chi connectivity index (χ0) is 13.8. The van der Waals surface area contributed by atoms with E-state index in [0.717, 1.165) is 16.6 Å². The van der Waals surface area contributed by atoms with Crippen molar-refractivity contribution in [1.82, 2.24) is 5.32 Å². The van der Waals surface area contributed by atoms with Gasteiger partial charge in [-0.2, -0.15) is 0 Å². The molecule has 1 atom stereocenters.